The van der Waals surface area contributed by atoms with E-state index in [2.05, 4.69) is 6.92 Å². The van der Waals surface area contributed by atoms with Crippen molar-refractivity contribution in [3.8, 4) is 0 Å². The number of carboxylic acid groups (broad SMARTS) is 3. The van der Waals surface area contributed by atoms with Crippen molar-refractivity contribution in [3.63, 3.8) is 0 Å². The van der Waals surface area contributed by atoms with Gasteiger partial charge >= 0.3 is 0 Å². The van der Waals surface area contributed by atoms with Crippen molar-refractivity contribution in [2.75, 3.05) is 0 Å². The van der Waals surface area contributed by atoms with E-state index < -0.39 is 35.2 Å². The molecule has 4 aliphatic carbocycles. The third-order valence-electron chi connectivity index (χ3n) is 10.8. The molecule has 7 heteroatoms. The molecule has 0 spiro atoms. The molecule has 4 fully saturated rings. The summed E-state index contributed by atoms with van der Waals surface area (Å²) in [5.41, 5.74) is -0.884. The molecule has 4 rings (SSSR count). The van der Waals surface area contributed by atoms with E-state index in [0.717, 1.165) is 12.8 Å². The standard InChI is InChI=1S/C26H38O7/c1-13(4-7-21(28)29)16-5-6-17-22-18(12-19(24(32)33)26(16,17)3)25(2)9-8-14(23(30)31)10-15(25)11-20(22)27/h13-19,22H,4-12H2,1-3H3,(H,28,29)(H,30,31)(H,32,33)/p-3/t13-,14+,15-,16+,17-,18-,19+,22+,25-,26+/m0/s1. The van der Waals surface area contributed by atoms with Crippen molar-refractivity contribution >= 4 is 23.7 Å². The van der Waals surface area contributed by atoms with Crippen LogP contribution in [0.3, 0.4) is 0 Å². The number of fused-ring (bicyclic) bond motifs is 5. The number of aliphatic carboxylic acids is 3. The first-order chi connectivity index (χ1) is 15.4. The zero-order chi connectivity index (χ0) is 24.3. The molecule has 33 heavy (non-hydrogen) atoms. The largest absolute Gasteiger partial charge is 0.550 e. The molecule has 0 N–H and O–H groups in total. The molecule has 0 bridgehead atoms. The number of carboxylic acids is 3. The molecule has 0 unspecified atom stereocenters. The summed E-state index contributed by atoms with van der Waals surface area (Å²) < 4.78 is 0. The SMILES string of the molecule is C[C@@H](CCC(=O)[O-])[C@H]1CC[C@H]2[C@H]3C(=O)C[C@@H]4C[C@H](C(=O)[O-])CC[C@]4(C)[C@H]3C[C@H](C(=O)[O-])[C@]12C. The van der Waals surface area contributed by atoms with E-state index in [4.69, 9.17) is 0 Å². The van der Waals surface area contributed by atoms with Gasteiger partial charge in [0.25, 0.3) is 0 Å². The average Bonchev–Trinajstić information content (AvgIpc) is 3.09. The highest BCUT2D eigenvalue weighted by atomic mass is 16.4. The summed E-state index contributed by atoms with van der Waals surface area (Å²) in [5.74, 6) is -4.76. The van der Waals surface area contributed by atoms with Crippen LogP contribution < -0.4 is 15.3 Å². The molecule has 7 nitrogen and oxygen atoms in total. The van der Waals surface area contributed by atoms with Gasteiger partial charge in [0, 0.05) is 36.2 Å². The lowest BCUT2D eigenvalue weighted by Crippen LogP contribution is -2.62. The minimum absolute atomic E-state index is 0.0110. The molecular weight excluding hydrogens is 424 g/mol. The van der Waals surface area contributed by atoms with E-state index >= 15 is 0 Å². The van der Waals surface area contributed by atoms with Crippen LogP contribution in [0.2, 0.25) is 0 Å². The Morgan fingerprint density at radius 1 is 1.00 bits per heavy atom. The summed E-state index contributed by atoms with van der Waals surface area (Å²) in [4.78, 5) is 48.6. The Kier molecular flexibility index (Phi) is 6.15. The lowest BCUT2D eigenvalue weighted by atomic mass is 9.41. The summed E-state index contributed by atoms with van der Waals surface area (Å²) in [7, 11) is 0. The van der Waals surface area contributed by atoms with Gasteiger partial charge in [-0.05, 0) is 97.7 Å². The van der Waals surface area contributed by atoms with Gasteiger partial charge < -0.3 is 29.7 Å². The third-order valence-corrected chi connectivity index (χ3v) is 10.8. The number of Topliss-reactive ketones (excluding diaryl/α,β-unsaturated/α-hetero) is 1. The normalized spacial score (nSPS) is 45.4. The fraction of sp³-hybridized carbons (Fsp3) is 0.846. The molecule has 0 aromatic carbocycles. The van der Waals surface area contributed by atoms with E-state index in [1.807, 2.05) is 13.8 Å². The van der Waals surface area contributed by atoms with E-state index in [9.17, 15) is 34.5 Å². The predicted molar refractivity (Wildman–Crippen MR) is 111 cm³/mol. The quantitative estimate of drug-likeness (QED) is 0.558. The van der Waals surface area contributed by atoms with E-state index in [-0.39, 0.29) is 53.1 Å². The number of rotatable bonds is 6. The van der Waals surface area contributed by atoms with Gasteiger partial charge in [0.1, 0.15) is 5.78 Å². The van der Waals surface area contributed by atoms with Crippen LogP contribution in [0.1, 0.15) is 78.6 Å². The highest BCUT2D eigenvalue weighted by Gasteiger charge is 2.66. The topological polar surface area (TPSA) is 137 Å². The summed E-state index contributed by atoms with van der Waals surface area (Å²) in [6, 6.07) is 0. The van der Waals surface area contributed by atoms with Crippen LogP contribution in [-0.4, -0.2) is 23.7 Å². The van der Waals surface area contributed by atoms with Gasteiger partial charge in [0.2, 0.25) is 0 Å². The minimum Gasteiger partial charge on any atom is -0.550 e. The molecule has 10 atom stereocenters. The van der Waals surface area contributed by atoms with Gasteiger partial charge in [-0.15, -0.1) is 0 Å². The van der Waals surface area contributed by atoms with Gasteiger partial charge in [0.05, 0.1) is 0 Å². The van der Waals surface area contributed by atoms with Crippen molar-refractivity contribution in [1.82, 2.24) is 0 Å². The van der Waals surface area contributed by atoms with Gasteiger partial charge in [-0.1, -0.05) is 20.8 Å². The molecule has 0 aromatic heterocycles. The maximum absolute atomic E-state index is 13.5. The second-order valence-corrected chi connectivity index (χ2v) is 11.9. The highest BCUT2D eigenvalue weighted by molar-refractivity contribution is 5.84. The van der Waals surface area contributed by atoms with Crippen LogP contribution in [0.25, 0.3) is 0 Å². The average molecular weight is 460 g/mol. The zero-order valence-corrected chi connectivity index (χ0v) is 19.8. The van der Waals surface area contributed by atoms with E-state index in [1.165, 1.54) is 0 Å². The Morgan fingerprint density at radius 3 is 2.30 bits per heavy atom. The Morgan fingerprint density at radius 2 is 1.70 bits per heavy atom. The number of hydrogen-bond donors (Lipinski definition) is 0. The predicted octanol–water partition coefficient (Wildman–Crippen LogP) is 0.333. The molecular formula is C26H35O7-3. The Labute approximate surface area is 195 Å². The summed E-state index contributed by atoms with van der Waals surface area (Å²) in [5, 5.41) is 35.0. The summed E-state index contributed by atoms with van der Waals surface area (Å²) in [6.45, 7) is 6.12. The van der Waals surface area contributed by atoms with Gasteiger partial charge in [-0.2, -0.15) is 0 Å². The first-order valence-corrected chi connectivity index (χ1v) is 12.6. The van der Waals surface area contributed by atoms with Crippen molar-refractivity contribution in [2.24, 2.45) is 58.2 Å². The summed E-state index contributed by atoms with van der Waals surface area (Å²) >= 11 is 0. The number of ketones is 1. The van der Waals surface area contributed by atoms with Gasteiger partial charge in [0.15, 0.2) is 0 Å². The molecule has 0 heterocycles. The molecule has 4 saturated carbocycles. The highest BCUT2D eigenvalue weighted by Crippen LogP contribution is 2.69. The Balaban J connectivity index is 1.67. The molecule has 0 saturated heterocycles. The zero-order valence-electron chi connectivity index (χ0n) is 19.8. The van der Waals surface area contributed by atoms with Gasteiger partial charge in [-0.3, -0.25) is 4.79 Å². The smallest absolute Gasteiger partial charge is 0.136 e. The van der Waals surface area contributed by atoms with Crippen molar-refractivity contribution in [1.29, 1.82) is 0 Å². The fourth-order valence-corrected chi connectivity index (χ4v) is 9.01. The van der Waals surface area contributed by atoms with E-state index in [1.54, 1.807) is 0 Å². The second-order valence-electron chi connectivity index (χ2n) is 11.9. The first-order valence-electron chi connectivity index (χ1n) is 12.6. The number of carbonyl (C=O) groups excluding carboxylic acids is 4. The molecule has 0 aliphatic heterocycles. The Hall–Kier alpha value is -1.92. The third kappa shape index (κ3) is 3.70. The monoisotopic (exact) mass is 459 g/mol. The van der Waals surface area contributed by atoms with E-state index in [0.29, 0.717) is 38.5 Å². The van der Waals surface area contributed by atoms with Crippen LogP contribution in [0.4, 0.5) is 0 Å². The molecule has 0 aromatic rings. The molecule has 0 amide bonds. The number of hydrogen-bond acceptors (Lipinski definition) is 7. The van der Waals surface area contributed by atoms with Crippen LogP contribution >= 0.6 is 0 Å². The number of carbonyl (C=O) groups is 4. The van der Waals surface area contributed by atoms with Crippen LogP contribution in [0.5, 0.6) is 0 Å². The molecule has 184 valence electrons. The molecule has 4 aliphatic rings. The lowest BCUT2D eigenvalue weighted by molar-refractivity contribution is -0.322. The lowest BCUT2D eigenvalue weighted by Gasteiger charge is -2.63. The maximum atomic E-state index is 13.5. The second kappa shape index (κ2) is 8.38. The van der Waals surface area contributed by atoms with Crippen molar-refractivity contribution in [3.05, 3.63) is 0 Å². The van der Waals surface area contributed by atoms with Gasteiger partial charge in [-0.25, -0.2) is 0 Å². The summed E-state index contributed by atoms with van der Waals surface area (Å²) in [6.07, 6.45) is 4.24. The first kappa shape index (κ1) is 24.2. The fourth-order valence-electron chi connectivity index (χ4n) is 9.01. The maximum Gasteiger partial charge on any atom is 0.136 e. The van der Waals surface area contributed by atoms with Crippen molar-refractivity contribution in [2.45, 2.75) is 78.6 Å². The van der Waals surface area contributed by atoms with Crippen LogP contribution in [0.15, 0.2) is 0 Å². The Bertz CT molecular complexity index is 852. The van der Waals surface area contributed by atoms with Crippen LogP contribution in [-0.2, 0) is 19.2 Å². The molecule has 0 radical (unpaired) electrons. The van der Waals surface area contributed by atoms with Crippen molar-refractivity contribution < 1.29 is 34.5 Å². The minimum atomic E-state index is -1.10. The van der Waals surface area contributed by atoms with Crippen LogP contribution in [0, 0.1) is 58.2 Å².